The molecule has 2 nitrogen and oxygen atoms in total. The van der Waals surface area contributed by atoms with Crippen LogP contribution in [-0.2, 0) is 10.8 Å². The van der Waals surface area contributed by atoms with E-state index in [0.717, 1.165) is 5.69 Å². The highest BCUT2D eigenvalue weighted by atomic mass is 32.1. The summed E-state index contributed by atoms with van der Waals surface area (Å²) in [7, 11) is 0. The number of para-hydroxylation sites is 1. The number of hydrogen-bond acceptors (Lipinski definition) is 2. The minimum Gasteiger partial charge on any atom is -0.310 e. The van der Waals surface area contributed by atoms with Gasteiger partial charge in [-0.15, -0.1) is 11.3 Å². The van der Waals surface area contributed by atoms with Gasteiger partial charge in [-0.25, -0.2) is 0 Å². The minimum atomic E-state index is -0.329. The minimum absolute atomic E-state index is 0.0844. The van der Waals surface area contributed by atoms with Crippen LogP contribution < -0.4 is 4.90 Å². The van der Waals surface area contributed by atoms with Crippen LogP contribution in [-0.4, -0.2) is 4.57 Å². The normalized spacial score (nSPS) is 16.0. The Bertz CT molecular complexity index is 4130. The van der Waals surface area contributed by atoms with Crippen LogP contribution in [0.25, 0.3) is 92.2 Å². The standard InChI is InChI=1S/C65H44N2S/c1-64(2)53-23-10-7-18-46(53)50-37-52-51-35-40(29-33-57(51)66(60(52)38-55(50)64)42-15-5-4-6-16-42)39-27-31-43(32-28-39)67-58-34-30-41(44-20-13-22-49-47-19-9-12-26-61(47)68-63(44)49)36-56(58)65(3)54-24-11-8-17-45(54)48-21-14-25-59(67)62(48)65/h4-38H,1-3H3. The SMILES string of the molecule is CC1(C)c2ccccc2-c2cc3c4cc(-c5ccc(N6c7ccc(-c8cccc9c8sc8ccccc89)cc7C7(C)c8ccccc8-c8cccc6c87)cc5)ccc4n(-c4ccccc4)c3cc21. The van der Waals surface area contributed by atoms with Crippen molar-refractivity contribution < 1.29 is 0 Å². The van der Waals surface area contributed by atoms with Gasteiger partial charge < -0.3 is 9.47 Å². The number of anilines is 3. The van der Waals surface area contributed by atoms with E-state index in [2.05, 4.69) is 243 Å². The van der Waals surface area contributed by atoms with Crippen LogP contribution in [0.1, 0.15) is 48.6 Å². The quantitative estimate of drug-likeness (QED) is 0.171. The van der Waals surface area contributed by atoms with Crippen LogP contribution in [0.2, 0.25) is 0 Å². The Hall–Kier alpha value is -7.98. The van der Waals surface area contributed by atoms with Crippen molar-refractivity contribution in [3.63, 3.8) is 0 Å². The first kappa shape index (κ1) is 38.2. The van der Waals surface area contributed by atoms with Crippen molar-refractivity contribution in [2.24, 2.45) is 0 Å². The molecule has 0 N–H and O–H groups in total. The summed E-state index contributed by atoms with van der Waals surface area (Å²) in [6, 6.07) is 80.0. The first-order valence-electron chi connectivity index (χ1n) is 23.8. The molecule has 3 heteroatoms. The fraction of sp³-hybridized carbons (Fsp3) is 0.0769. The molecule has 2 aromatic heterocycles. The maximum atomic E-state index is 2.52. The van der Waals surface area contributed by atoms with Gasteiger partial charge in [-0.05, 0) is 152 Å². The van der Waals surface area contributed by atoms with Crippen molar-refractivity contribution in [2.45, 2.75) is 31.6 Å². The summed E-state index contributed by atoms with van der Waals surface area (Å²) in [5, 5.41) is 5.20. The number of rotatable bonds is 4. The van der Waals surface area contributed by atoms with Gasteiger partial charge in [0.2, 0.25) is 0 Å². The van der Waals surface area contributed by atoms with Crippen molar-refractivity contribution in [1.29, 1.82) is 0 Å². The second-order valence-corrected chi connectivity index (χ2v) is 20.8. The van der Waals surface area contributed by atoms with Gasteiger partial charge in [-0.3, -0.25) is 0 Å². The number of nitrogens with zero attached hydrogens (tertiary/aromatic N) is 2. The number of fused-ring (bicyclic) bond motifs is 14. The Morgan fingerprint density at radius 2 is 1.03 bits per heavy atom. The third-order valence-corrected chi connectivity index (χ3v) is 17.2. The lowest BCUT2D eigenvalue weighted by Crippen LogP contribution is -2.32. The molecule has 1 atom stereocenters. The van der Waals surface area contributed by atoms with Crippen LogP contribution >= 0.6 is 11.3 Å². The Balaban J connectivity index is 0.890. The van der Waals surface area contributed by atoms with Crippen molar-refractivity contribution in [3.8, 4) is 50.2 Å². The zero-order valence-electron chi connectivity index (χ0n) is 38.0. The Morgan fingerprint density at radius 1 is 0.368 bits per heavy atom. The molecule has 0 bridgehead atoms. The van der Waals surface area contributed by atoms with Gasteiger partial charge in [0.25, 0.3) is 0 Å². The fourth-order valence-corrected chi connectivity index (χ4v) is 14.0. The summed E-state index contributed by atoms with van der Waals surface area (Å²) in [6.07, 6.45) is 0. The van der Waals surface area contributed by atoms with Crippen LogP contribution in [0, 0.1) is 0 Å². The third-order valence-electron chi connectivity index (χ3n) is 16.0. The molecule has 320 valence electrons. The number of benzene rings is 10. The van der Waals surface area contributed by atoms with E-state index in [1.54, 1.807) is 0 Å². The Morgan fingerprint density at radius 3 is 1.88 bits per heavy atom. The van der Waals surface area contributed by atoms with E-state index in [9.17, 15) is 0 Å². The van der Waals surface area contributed by atoms with Gasteiger partial charge in [0.1, 0.15) is 0 Å². The fourth-order valence-electron chi connectivity index (χ4n) is 12.8. The molecule has 15 rings (SSSR count). The molecule has 10 aromatic carbocycles. The van der Waals surface area contributed by atoms with Gasteiger partial charge in [-0.2, -0.15) is 0 Å². The molecule has 0 spiro atoms. The summed E-state index contributed by atoms with van der Waals surface area (Å²) in [5.74, 6) is 0. The van der Waals surface area contributed by atoms with Gasteiger partial charge in [0, 0.05) is 53.1 Å². The van der Waals surface area contributed by atoms with E-state index in [1.807, 2.05) is 11.3 Å². The van der Waals surface area contributed by atoms with E-state index in [-0.39, 0.29) is 10.8 Å². The average molecular weight is 885 g/mol. The molecule has 0 saturated carbocycles. The molecule has 3 aliphatic rings. The van der Waals surface area contributed by atoms with E-state index < -0.39 is 0 Å². The lowest BCUT2D eigenvalue weighted by atomic mass is 9.70. The number of hydrogen-bond donors (Lipinski definition) is 0. The molecule has 12 aromatic rings. The van der Waals surface area contributed by atoms with Crippen LogP contribution in [0.5, 0.6) is 0 Å². The van der Waals surface area contributed by atoms with Crippen molar-refractivity contribution in [1.82, 2.24) is 4.57 Å². The first-order valence-corrected chi connectivity index (χ1v) is 24.6. The lowest BCUT2D eigenvalue weighted by molar-refractivity contribution is 0.661. The van der Waals surface area contributed by atoms with Crippen molar-refractivity contribution >= 4 is 70.4 Å². The molecule has 1 aliphatic heterocycles. The van der Waals surface area contributed by atoms with Gasteiger partial charge in [0.05, 0.1) is 22.4 Å². The van der Waals surface area contributed by atoms with E-state index >= 15 is 0 Å². The third kappa shape index (κ3) is 4.96. The highest BCUT2D eigenvalue weighted by Crippen LogP contribution is 2.63. The predicted molar refractivity (Wildman–Crippen MR) is 288 cm³/mol. The Kier molecular flexibility index (Phi) is 7.61. The molecular formula is C65H44N2S. The van der Waals surface area contributed by atoms with Crippen LogP contribution in [0.4, 0.5) is 17.1 Å². The molecule has 0 radical (unpaired) electrons. The largest absolute Gasteiger partial charge is 0.310 e. The molecule has 3 heterocycles. The van der Waals surface area contributed by atoms with Crippen molar-refractivity contribution in [3.05, 3.63) is 240 Å². The highest BCUT2D eigenvalue weighted by Gasteiger charge is 2.48. The summed E-state index contributed by atoms with van der Waals surface area (Å²) < 4.78 is 5.13. The highest BCUT2D eigenvalue weighted by molar-refractivity contribution is 7.26. The van der Waals surface area contributed by atoms with E-state index in [1.165, 1.54) is 131 Å². The number of thiophene rings is 1. The summed E-state index contributed by atoms with van der Waals surface area (Å²) in [5.41, 5.74) is 24.0. The average Bonchev–Trinajstić information content (AvgIpc) is 4.08. The second kappa shape index (κ2) is 13.6. The molecular weight excluding hydrogens is 841 g/mol. The van der Waals surface area contributed by atoms with E-state index in [0.29, 0.717) is 0 Å². The van der Waals surface area contributed by atoms with Crippen LogP contribution in [0.15, 0.2) is 212 Å². The number of aromatic nitrogens is 1. The maximum Gasteiger partial charge on any atom is 0.0544 e. The van der Waals surface area contributed by atoms with Crippen molar-refractivity contribution in [2.75, 3.05) is 4.90 Å². The molecule has 0 amide bonds. The lowest BCUT2D eigenvalue weighted by Gasteiger charge is -2.42. The van der Waals surface area contributed by atoms with Gasteiger partial charge in [0.15, 0.2) is 0 Å². The van der Waals surface area contributed by atoms with Crippen LogP contribution in [0.3, 0.4) is 0 Å². The Labute approximate surface area is 399 Å². The topological polar surface area (TPSA) is 8.17 Å². The monoisotopic (exact) mass is 884 g/mol. The summed E-state index contributed by atoms with van der Waals surface area (Å²) in [4.78, 5) is 2.52. The van der Waals surface area contributed by atoms with Gasteiger partial charge >= 0.3 is 0 Å². The zero-order chi connectivity index (χ0) is 45.0. The van der Waals surface area contributed by atoms with Gasteiger partial charge in [-0.1, -0.05) is 153 Å². The van der Waals surface area contributed by atoms with E-state index in [4.69, 9.17) is 0 Å². The summed E-state index contributed by atoms with van der Waals surface area (Å²) >= 11 is 1.90. The molecule has 0 fully saturated rings. The first-order chi connectivity index (χ1) is 33.4. The maximum absolute atomic E-state index is 2.52. The summed E-state index contributed by atoms with van der Waals surface area (Å²) in [6.45, 7) is 7.21. The molecule has 1 unspecified atom stereocenters. The predicted octanol–water partition coefficient (Wildman–Crippen LogP) is 17.9. The zero-order valence-corrected chi connectivity index (χ0v) is 38.8. The molecule has 0 saturated heterocycles. The molecule has 2 aliphatic carbocycles. The smallest absolute Gasteiger partial charge is 0.0544 e. The molecule has 68 heavy (non-hydrogen) atoms. The second-order valence-electron chi connectivity index (χ2n) is 19.8.